The highest BCUT2D eigenvalue weighted by Gasteiger charge is 2.40. The van der Waals surface area contributed by atoms with Gasteiger partial charge in [0, 0.05) is 35.6 Å². The van der Waals surface area contributed by atoms with Crippen LogP contribution in [-0.4, -0.2) is 59.2 Å². The zero-order valence-electron chi connectivity index (χ0n) is 22.2. The number of rotatable bonds is 13. The van der Waals surface area contributed by atoms with Crippen molar-refractivity contribution in [1.29, 1.82) is 0 Å². The Bertz CT molecular complexity index is 1390. The zero-order chi connectivity index (χ0) is 29.9. The van der Waals surface area contributed by atoms with E-state index in [0.717, 1.165) is 0 Å². The van der Waals surface area contributed by atoms with Gasteiger partial charge >= 0.3 is 11.9 Å². The Morgan fingerprint density at radius 2 is 1.56 bits per heavy atom. The third-order valence-corrected chi connectivity index (χ3v) is 5.88. The number of amides is 1. The SMILES string of the molecule is CC1=C(C(=O)OCCCO[N+](=O)[O-])C(c2ccccc2[N+](=O)[O-])C(C(=O)OCCNC(=O)c2ccccn2)=C(C)N1. The summed E-state index contributed by atoms with van der Waals surface area (Å²) >= 11 is 0. The minimum Gasteiger partial charge on any atom is -0.462 e. The van der Waals surface area contributed by atoms with Gasteiger partial charge in [-0.25, -0.2) is 9.59 Å². The number of nitrogens with one attached hydrogen (secondary N) is 2. The second-order valence-electron chi connectivity index (χ2n) is 8.60. The maximum atomic E-state index is 13.4. The van der Waals surface area contributed by atoms with Crippen LogP contribution < -0.4 is 10.6 Å². The summed E-state index contributed by atoms with van der Waals surface area (Å²) in [5.74, 6) is -3.47. The van der Waals surface area contributed by atoms with Crippen LogP contribution in [0.5, 0.6) is 0 Å². The van der Waals surface area contributed by atoms with E-state index in [9.17, 15) is 34.6 Å². The Labute approximate surface area is 233 Å². The highest BCUT2D eigenvalue weighted by molar-refractivity contribution is 6.00. The molecule has 15 nitrogen and oxygen atoms in total. The first-order valence-corrected chi connectivity index (χ1v) is 12.3. The molecule has 0 spiro atoms. The van der Waals surface area contributed by atoms with Gasteiger partial charge in [-0.3, -0.25) is 19.9 Å². The van der Waals surface area contributed by atoms with E-state index in [0.29, 0.717) is 5.70 Å². The van der Waals surface area contributed by atoms with Gasteiger partial charge in [0.25, 0.3) is 16.7 Å². The molecule has 2 N–H and O–H groups in total. The van der Waals surface area contributed by atoms with Crippen molar-refractivity contribution in [3.05, 3.63) is 103 Å². The molecule has 0 saturated carbocycles. The second-order valence-corrected chi connectivity index (χ2v) is 8.60. The lowest BCUT2D eigenvalue weighted by molar-refractivity contribution is -0.757. The highest BCUT2D eigenvalue weighted by Crippen LogP contribution is 2.42. The smallest absolute Gasteiger partial charge is 0.336 e. The van der Waals surface area contributed by atoms with Crippen molar-refractivity contribution in [3.63, 3.8) is 0 Å². The topological polar surface area (TPSA) is 202 Å². The molecule has 1 unspecified atom stereocenters. The summed E-state index contributed by atoms with van der Waals surface area (Å²) in [6.45, 7) is 2.27. The van der Waals surface area contributed by atoms with E-state index in [2.05, 4.69) is 20.5 Å². The Morgan fingerprint density at radius 1 is 0.927 bits per heavy atom. The van der Waals surface area contributed by atoms with Crippen LogP contribution in [0, 0.1) is 20.2 Å². The van der Waals surface area contributed by atoms with E-state index in [4.69, 9.17) is 9.47 Å². The number of nitro groups is 1. The molecule has 0 fully saturated rings. The van der Waals surface area contributed by atoms with Gasteiger partial charge in [0.2, 0.25) is 0 Å². The Balaban J connectivity index is 1.83. The molecular formula is C26H27N5O10. The lowest BCUT2D eigenvalue weighted by Crippen LogP contribution is -2.34. The maximum Gasteiger partial charge on any atom is 0.336 e. The van der Waals surface area contributed by atoms with Crippen molar-refractivity contribution < 1.29 is 38.7 Å². The first kappa shape index (κ1) is 30.2. The van der Waals surface area contributed by atoms with Crippen molar-refractivity contribution in [2.75, 3.05) is 26.4 Å². The number of hydrogen-bond donors (Lipinski definition) is 2. The fourth-order valence-corrected chi connectivity index (χ4v) is 4.16. The van der Waals surface area contributed by atoms with Crippen LogP contribution in [0.4, 0.5) is 5.69 Å². The average Bonchev–Trinajstić information content (AvgIpc) is 2.94. The number of dihydropyridines is 1. The van der Waals surface area contributed by atoms with E-state index in [1.54, 1.807) is 26.0 Å². The number of ether oxygens (including phenoxy) is 2. The summed E-state index contributed by atoms with van der Waals surface area (Å²) in [6.07, 6.45) is 1.47. The number of nitro benzene ring substituents is 1. The second kappa shape index (κ2) is 14.2. The molecule has 1 amide bonds. The molecular weight excluding hydrogens is 542 g/mol. The summed E-state index contributed by atoms with van der Waals surface area (Å²) in [6, 6.07) is 10.5. The zero-order valence-corrected chi connectivity index (χ0v) is 22.2. The molecule has 0 bridgehead atoms. The molecule has 41 heavy (non-hydrogen) atoms. The third kappa shape index (κ3) is 7.84. The monoisotopic (exact) mass is 569 g/mol. The molecule has 2 heterocycles. The number of carbonyl (C=O) groups excluding carboxylic acids is 3. The van der Waals surface area contributed by atoms with Gasteiger partial charge in [0.1, 0.15) is 12.3 Å². The van der Waals surface area contributed by atoms with Crippen molar-refractivity contribution in [1.82, 2.24) is 15.6 Å². The van der Waals surface area contributed by atoms with E-state index in [-0.39, 0.29) is 66.6 Å². The molecule has 1 aromatic heterocycles. The number of allylic oxidation sites excluding steroid dienone is 2. The van der Waals surface area contributed by atoms with E-state index >= 15 is 0 Å². The van der Waals surface area contributed by atoms with Crippen molar-refractivity contribution in [3.8, 4) is 0 Å². The average molecular weight is 570 g/mol. The van der Waals surface area contributed by atoms with Crippen LogP contribution >= 0.6 is 0 Å². The highest BCUT2D eigenvalue weighted by atomic mass is 16.9. The number of carbonyl (C=O) groups is 3. The minimum atomic E-state index is -1.24. The molecule has 0 aliphatic carbocycles. The number of aromatic nitrogens is 1. The number of esters is 2. The lowest BCUT2D eigenvalue weighted by atomic mass is 9.79. The third-order valence-electron chi connectivity index (χ3n) is 5.88. The Hall–Kier alpha value is -5.34. The first-order valence-electron chi connectivity index (χ1n) is 12.3. The van der Waals surface area contributed by atoms with E-state index < -0.39 is 33.8 Å². The standard InChI is InChI=1S/C26H27N5O10/c1-16-21(25(33)39-13-7-14-41-31(37)38)23(18-8-3-4-10-20(18)30(35)36)22(17(2)29-16)26(34)40-15-12-28-24(32)19-9-5-6-11-27-19/h3-6,8-11,23,29H,7,12-15H2,1-2H3,(H,28,32). The fraction of sp³-hybridized carbons (Fsp3) is 0.308. The molecule has 0 saturated heterocycles. The van der Waals surface area contributed by atoms with Gasteiger partial charge in [-0.2, -0.15) is 0 Å². The van der Waals surface area contributed by atoms with Crippen molar-refractivity contribution in [2.24, 2.45) is 0 Å². The molecule has 216 valence electrons. The first-order chi connectivity index (χ1) is 19.6. The van der Waals surface area contributed by atoms with Gasteiger partial charge < -0.3 is 24.9 Å². The van der Waals surface area contributed by atoms with Crippen LogP contribution in [0.2, 0.25) is 0 Å². The molecule has 2 aromatic rings. The molecule has 1 aromatic carbocycles. The summed E-state index contributed by atoms with van der Waals surface area (Å²) < 4.78 is 10.7. The number of benzene rings is 1. The van der Waals surface area contributed by atoms with Crippen LogP contribution in [0.25, 0.3) is 0 Å². The molecule has 15 heteroatoms. The van der Waals surface area contributed by atoms with Crippen LogP contribution in [0.1, 0.15) is 42.2 Å². The molecule has 3 rings (SSSR count). The van der Waals surface area contributed by atoms with E-state index in [1.165, 1.54) is 36.5 Å². The summed E-state index contributed by atoms with van der Waals surface area (Å²) in [4.78, 5) is 68.5. The molecule has 1 aliphatic rings. The van der Waals surface area contributed by atoms with Gasteiger partial charge in [-0.05, 0) is 26.0 Å². The van der Waals surface area contributed by atoms with Crippen molar-refractivity contribution in [2.45, 2.75) is 26.2 Å². The Morgan fingerprint density at radius 3 is 2.17 bits per heavy atom. The predicted molar refractivity (Wildman–Crippen MR) is 140 cm³/mol. The molecule has 1 atom stereocenters. The predicted octanol–water partition coefficient (Wildman–Crippen LogP) is 2.34. The number of nitrogens with zero attached hydrogens (tertiary/aromatic N) is 3. The normalized spacial score (nSPS) is 14.5. The van der Waals surface area contributed by atoms with Gasteiger partial charge in [0.15, 0.2) is 0 Å². The molecule has 0 radical (unpaired) electrons. The van der Waals surface area contributed by atoms with Gasteiger partial charge in [-0.1, -0.05) is 24.3 Å². The maximum absolute atomic E-state index is 13.4. The van der Waals surface area contributed by atoms with Crippen molar-refractivity contribution >= 4 is 23.5 Å². The van der Waals surface area contributed by atoms with Gasteiger partial charge in [0.05, 0.1) is 41.7 Å². The quantitative estimate of drug-likeness (QED) is 0.154. The lowest BCUT2D eigenvalue weighted by Gasteiger charge is -2.30. The van der Waals surface area contributed by atoms with Gasteiger partial charge in [-0.15, -0.1) is 10.1 Å². The van der Waals surface area contributed by atoms with Crippen LogP contribution in [0.15, 0.2) is 71.2 Å². The van der Waals surface area contributed by atoms with Crippen LogP contribution in [-0.2, 0) is 23.9 Å². The summed E-state index contributed by atoms with van der Waals surface area (Å²) in [5, 5.41) is 26.7. The minimum absolute atomic E-state index is 0.0105. The number of hydrogen-bond acceptors (Lipinski definition) is 12. The Kier molecular flexibility index (Phi) is 10.4. The fourth-order valence-electron chi connectivity index (χ4n) is 4.16. The number of para-hydroxylation sites is 1. The summed E-state index contributed by atoms with van der Waals surface area (Å²) in [7, 11) is 0. The molecule has 1 aliphatic heterocycles. The summed E-state index contributed by atoms with van der Waals surface area (Å²) in [5.41, 5.74) is 0.342. The van der Waals surface area contributed by atoms with Crippen LogP contribution in [0.3, 0.4) is 0 Å². The van der Waals surface area contributed by atoms with E-state index in [1.807, 2.05) is 0 Å². The largest absolute Gasteiger partial charge is 0.462 e. The number of pyridine rings is 1.